The summed E-state index contributed by atoms with van der Waals surface area (Å²) >= 11 is 0. The lowest BCUT2D eigenvalue weighted by Crippen LogP contribution is -2.08. The lowest BCUT2D eigenvalue weighted by molar-refractivity contribution is 0.151. The van der Waals surface area contributed by atoms with Crippen LogP contribution < -0.4 is 9.47 Å². The van der Waals surface area contributed by atoms with Crippen LogP contribution in [0.3, 0.4) is 0 Å². The standard InChI is InChI=1S/C21H28O4/c1-24-20-13-11-17(21(15-20)25-2)7-3-4-8-18(22)12-10-16-6-5-9-19(23)14-16/h5-6,9,11,13-15,18,22-23H,3-4,7-8,10,12H2,1-2H3. The van der Waals surface area contributed by atoms with Gasteiger partial charge in [0, 0.05) is 6.07 Å². The molecule has 0 spiro atoms. The number of phenolic OH excluding ortho intramolecular Hbond substituents is 1. The van der Waals surface area contributed by atoms with Crippen molar-refractivity contribution >= 4 is 0 Å². The van der Waals surface area contributed by atoms with Crippen molar-refractivity contribution in [3.63, 3.8) is 0 Å². The first-order valence-electron chi connectivity index (χ1n) is 8.79. The van der Waals surface area contributed by atoms with E-state index in [1.54, 1.807) is 26.4 Å². The Bertz CT molecular complexity index is 654. The fraction of sp³-hybridized carbons (Fsp3) is 0.429. The Balaban J connectivity index is 1.70. The number of rotatable bonds is 10. The zero-order valence-corrected chi connectivity index (χ0v) is 15.1. The molecule has 0 amide bonds. The molecule has 0 bridgehead atoms. The van der Waals surface area contributed by atoms with Gasteiger partial charge in [-0.25, -0.2) is 0 Å². The molecule has 0 fully saturated rings. The van der Waals surface area contributed by atoms with Crippen LogP contribution in [0.15, 0.2) is 42.5 Å². The highest BCUT2D eigenvalue weighted by Crippen LogP contribution is 2.26. The van der Waals surface area contributed by atoms with E-state index in [-0.39, 0.29) is 11.9 Å². The number of ether oxygens (including phenoxy) is 2. The summed E-state index contributed by atoms with van der Waals surface area (Å²) in [7, 11) is 3.32. The van der Waals surface area contributed by atoms with Gasteiger partial charge in [-0.3, -0.25) is 0 Å². The van der Waals surface area contributed by atoms with Crippen molar-refractivity contribution in [2.75, 3.05) is 14.2 Å². The maximum Gasteiger partial charge on any atom is 0.125 e. The van der Waals surface area contributed by atoms with E-state index in [4.69, 9.17) is 9.47 Å². The number of hydrogen-bond donors (Lipinski definition) is 2. The molecule has 136 valence electrons. The van der Waals surface area contributed by atoms with Gasteiger partial charge in [0.2, 0.25) is 0 Å². The number of aromatic hydroxyl groups is 1. The third-order valence-corrected chi connectivity index (χ3v) is 4.40. The normalized spacial score (nSPS) is 12.0. The first-order valence-corrected chi connectivity index (χ1v) is 8.79. The molecule has 2 rings (SSSR count). The number of hydrogen-bond acceptors (Lipinski definition) is 4. The quantitative estimate of drug-likeness (QED) is 0.637. The third kappa shape index (κ3) is 6.31. The van der Waals surface area contributed by atoms with Gasteiger partial charge < -0.3 is 19.7 Å². The van der Waals surface area contributed by atoms with Gasteiger partial charge in [0.05, 0.1) is 20.3 Å². The summed E-state index contributed by atoms with van der Waals surface area (Å²) in [6.45, 7) is 0. The Morgan fingerprint density at radius 1 is 0.920 bits per heavy atom. The molecular formula is C21H28O4. The lowest BCUT2D eigenvalue weighted by Gasteiger charge is -2.12. The minimum atomic E-state index is -0.305. The predicted molar refractivity (Wildman–Crippen MR) is 99.5 cm³/mol. The Morgan fingerprint density at radius 2 is 1.76 bits per heavy atom. The summed E-state index contributed by atoms with van der Waals surface area (Å²) in [4.78, 5) is 0. The second kappa shape index (κ2) is 9.94. The van der Waals surface area contributed by atoms with Crippen LogP contribution in [0.5, 0.6) is 17.2 Å². The lowest BCUT2D eigenvalue weighted by atomic mass is 10.0. The van der Waals surface area contributed by atoms with Crippen LogP contribution in [0, 0.1) is 0 Å². The van der Waals surface area contributed by atoms with Gasteiger partial charge in [-0.1, -0.05) is 24.6 Å². The molecule has 4 nitrogen and oxygen atoms in total. The van der Waals surface area contributed by atoms with E-state index in [2.05, 4.69) is 0 Å². The van der Waals surface area contributed by atoms with Gasteiger partial charge >= 0.3 is 0 Å². The van der Waals surface area contributed by atoms with E-state index in [0.29, 0.717) is 0 Å². The molecule has 0 saturated heterocycles. The van der Waals surface area contributed by atoms with Crippen molar-refractivity contribution in [1.82, 2.24) is 0 Å². The molecule has 1 atom stereocenters. The Hall–Kier alpha value is -2.20. The second-order valence-electron chi connectivity index (χ2n) is 6.29. The average molecular weight is 344 g/mol. The van der Waals surface area contributed by atoms with Crippen LogP contribution in [0.25, 0.3) is 0 Å². The monoisotopic (exact) mass is 344 g/mol. The number of unbranched alkanes of at least 4 members (excludes halogenated alkanes) is 1. The second-order valence-corrected chi connectivity index (χ2v) is 6.29. The Morgan fingerprint density at radius 3 is 2.48 bits per heavy atom. The predicted octanol–water partition coefficient (Wildman–Crippen LogP) is 4.12. The molecule has 2 aromatic rings. The van der Waals surface area contributed by atoms with Gasteiger partial charge in [-0.05, 0) is 61.4 Å². The number of aliphatic hydroxyl groups excluding tert-OH is 1. The molecule has 4 heteroatoms. The summed E-state index contributed by atoms with van der Waals surface area (Å²) in [5.41, 5.74) is 2.22. The molecule has 0 aliphatic carbocycles. The largest absolute Gasteiger partial charge is 0.508 e. The van der Waals surface area contributed by atoms with Gasteiger partial charge in [0.25, 0.3) is 0 Å². The maximum atomic E-state index is 10.1. The number of benzene rings is 2. The van der Waals surface area contributed by atoms with Crippen LogP contribution >= 0.6 is 0 Å². The summed E-state index contributed by atoms with van der Waals surface area (Å²) < 4.78 is 10.6. The minimum Gasteiger partial charge on any atom is -0.508 e. The molecule has 0 aliphatic heterocycles. The first-order chi connectivity index (χ1) is 12.1. The zero-order chi connectivity index (χ0) is 18.1. The topological polar surface area (TPSA) is 58.9 Å². The molecule has 1 unspecified atom stereocenters. The third-order valence-electron chi connectivity index (χ3n) is 4.40. The number of methoxy groups -OCH3 is 2. The van der Waals surface area contributed by atoms with Gasteiger partial charge in [-0.2, -0.15) is 0 Å². The minimum absolute atomic E-state index is 0.278. The van der Waals surface area contributed by atoms with Crippen molar-refractivity contribution in [2.45, 2.75) is 44.6 Å². The van der Waals surface area contributed by atoms with Crippen LogP contribution in [0.1, 0.15) is 36.8 Å². The Labute approximate surface area is 150 Å². The van der Waals surface area contributed by atoms with Crippen molar-refractivity contribution in [1.29, 1.82) is 0 Å². The van der Waals surface area contributed by atoms with Crippen molar-refractivity contribution in [3.8, 4) is 17.2 Å². The summed E-state index contributed by atoms with van der Waals surface area (Å²) in [6, 6.07) is 13.1. The number of aryl methyl sites for hydroxylation is 2. The van der Waals surface area contributed by atoms with Crippen molar-refractivity contribution in [3.05, 3.63) is 53.6 Å². The molecule has 0 heterocycles. The average Bonchev–Trinajstić information content (AvgIpc) is 2.63. The smallest absolute Gasteiger partial charge is 0.125 e. The first kappa shape index (κ1) is 19.1. The molecule has 25 heavy (non-hydrogen) atoms. The van der Waals surface area contributed by atoms with Gasteiger partial charge in [0.15, 0.2) is 0 Å². The molecule has 0 aliphatic rings. The van der Waals surface area contributed by atoms with Crippen molar-refractivity contribution in [2.24, 2.45) is 0 Å². The van der Waals surface area contributed by atoms with E-state index in [1.165, 1.54) is 0 Å². The molecule has 0 aromatic heterocycles. The summed E-state index contributed by atoms with van der Waals surface area (Å²) in [6.07, 6.45) is 4.88. The zero-order valence-electron chi connectivity index (χ0n) is 15.1. The SMILES string of the molecule is COc1ccc(CCCCC(O)CCc2cccc(O)c2)c(OC)c1. The fourth-order valence-electron chi connectivity index (χ4n) is 2.94. The Kier molecular flexibility index (Phi) is 7.61. The highest BCUT2D eigenvalue weighted by Gasteiger charge is 2.08. The van der Waals surface area contributed by atoms with E-state index in [0.717, 1.165) is 61.2 Å². The molecule has 0 radical (unpaired) electrons. The maximum absolute atomic E-state index is 10.1. The molecule has 2 N–H and O–H groups in total. The number of aliphatic hydroxyl groups is 1. The van der Waals surface area contributed by atoms with E-state index in [9.17, 15) is 10.2 Å². The fourth-order valence-corrected chi connectivity index (χ4v) is 2.94. The summed E-state index contributed by atoms with van der Waals surface area (Å²) in [5, 5.41) is 19.6. The van der Waals surface area contributed by atoms with Crippen molar-refractivity contribution < 1.29 is 19.7 Å². The van der Waals surface area contributed by atoms with E-state index < -0.39 is 0 Å². The van der Waals surface area contributed by atoms with Crippen LogP contribution in [0.4, 0.5) is 0 Å². The van der Waals surface area contributed by atoms with Gasteiger partial charge in [0.1, 0.15) is 17.2 Å². The molecule has 2 aromatic carbocycles. The molecular weight excluding hydrogens is 316 g/mol. The number of phenols is 1. The highest BCUT2D eigenvalue weighted by atomic mass is 16.5. The van der Waals surface area contributed by atoms with Crippen LogP contribution in [-0.4, -0.2) is 30.5 Å². The van der Waals surface area contributed by atoms with Crippen LogP contribution in [-0.2, 0) is 12.8 Å². The van der Waals surface area contributed by atoms with E-state index >= 15 is 0 Å². The van der Waals surface area contributed by atoms with Gasteiger partial charge in [-0.15, -0.1) is 0 Å². The molecule has 0 saturated carbocycles. The van der Waals surface area contributed by atoms with Crippen LogP contribution in [0.2, 0.25) is 0 Å². The van der Waals surface area contributed by atoms with E-state index in [1.807, 2.05) is 30.3 Å². The summed E-state index contributed by atoms with van der Waals surface area (Å²) in [5.74, 6) is 1.92. The highest BCUT2D eigenvalue weighted by molar-refractivity contribution is 5.40.